The fourth-order valence-electron chi connectivity index (χ4n) is 4.78. The van der Waals surface area contributed by atoms with Crippen molar-refractivity contribution < 1.29 is 19.5 Å². The molecule has 0 aliphatic carbocycles. The smallest absolute Gasteiger partial charge is 0.246 e. The normalized spacial score (nSPS) is 19.7. The molecule has 1 aromatic heterocycles. The molecule has 9 nitrogen and oxygen atoms in total. The van der Waals surface area contributed by atoms with Gasteiger partial charge in [0.1, 0.15) is 17.9 Å². The number of aromatic nitrogens is 2. The molecule has 4 unspecified atom stereocenters. The van der Waals surface area contributed by atoms with Crippen LogP contribution in [0, 0.1) is 17.8 Å². The molecule has 3 rings (SSSR count). The number of carbonyl (C=O) groups excluding carboxylic acids is 3. The van der Waals surface area contributed by atoms with Crippen LogP contribution in [0.1, 0.15) is 78.7 Å². The van der Waals surface area contributed by atoms with Crippen LogP contribution in [-0.2, 0) is 14.4 Å². The summed E-state index contributed by atoms with van der Waals surface area (Å²) in [5.41, 5.74) is 1.08. The highest BCUT2D eigenvalue weighted by Gasteiger charge is 2.44. The van der Waals surface area contributed by atoms with E-state index in [1.165, 1.54) is 4.90 Å². The first-order valence-corrected chi connectivity index (χ1v) is 13.3. The molecule has 0 bridgehead atoms. The lowest BCUT2D eigenvalue weighted by Gasteiger charge is -2.36. The largest absolute Gasteiger partial charge is 0.391 e. The van der Waals surface area contributed by atoms with Gasteiger partial charge in [-0.3, -0.25) is 14.4 Å². The summed E-state index contributed by atoms with van der Waals surface area (Å²) in [6.07, 6.45) is 3.25. The minimum atomic E-state index is -0.824. The summed E-state index contributed by atoms with van der Waals surface area (Å²) in [6, 6.07) is 5.89. The number of nitrogens with one attached hydrogen (secondary N) is 2. The number of carbonyl (C=O) groups is 3. The summed E-state index contributed by atoms with van der Waals surface area (Å²) < 4.78 is 1.97. The third kappa shape index (κ3) is 7.22. The maximum absolute atomic E-state index is 13.7. The van der Waals surface area contributed by atoms with Gasteiger partial charge >= 0.3 is 0 Å². The van der Waals surface area contributed by atoms with Crippen LogP contribution in [0.4, 0.5) is 0 Å². The molecule has 0 saturated carbocycles. The van der Waals surface area contributed by atoms with Crippen LogP contribution in [-0.4, -0.2) is 62.0 Å². The Morgan fingerprint density at radius 2 is 1.71 bits per heavy atom. The van der Waals surface area contributed by atoms with Crippen LogP contribution in [0.15, 0.2) is 36.7 Å². The van der Waals surface area contributed by atoms with Crippen LogP contribution in [0.25, 0.3) is 5.69 Å². The third-order valence-corrected chi connectivity index (χ3v) is 6.83. The van der Waals surface area contributed by atoms with Gasteiger partial charge in [-0.2, -0.15) is 0 Å². The SMILES string of the molecule is Cc1nccn1-c1ccc(C(C)NC(=O)C2CC(O)CN2C(=O)C(NC(=O)CC(C)(C)C)C(C)(C)C)cc1. The van der Waals surface area contributed by atoms with Crippen LogP contribution < -0.4 is 10.6 Å². The Labute approximate surface area is 226 Å². The second-order valence-electron chi connectivity index (χ2n) is 12.7. The van der Waals surface area contributed by atoms with E-state index in [0.717, 1.165) is 17.1 Å². The monoisotopic (exact) mass is 525 g/mol. The first kappa shape index (κ1) is 29.4. The van der Waals surface area contributed by atoms with E-state index in [9.17, 15) is 19.5 Å². The zero-order valence-corrected chi connectivity index (χ0v) is 23.9. The van der Waals surface area contributed by atoms with E-state index in [1.54, 1.807) is 6.20 Å². The first-order valence-electron chi connectivity index (χ1n) is 13.3. The zero-order chi connectivity index (χ0) is 28.4. The highest BCUT2D eigenvalue weighted by molar-refractivity contribution is 5.93. The lowest BCUT2D eigenvalue weighted by atomic mass is 9.84. The predicted molar refractivity (Wildman–Crippen MR) is 146 cm³/mol. The van der Waals surface area contributed by atoms with E-state index in [1.807, 2.05) is 90.4 Å². The number of aliphatic hydroxyl groups is 1. The minimum absolute atomic E-state index is 0.0476. The van der Waals surface area contributed by atoms with Crippen molar-refractivity contribution in [1.82, 2.24) is 25.1 Å². The van der Waals surface area contributed by atoms with E-state index < -0.39 is 23.6 Å². The molecule has 1 aliphatic rings. The van der Waals surface area contributed by atoms with Crippen molar-refractivity contribution in [3.05, 3.63) is 48.0 Å². The van der Waals surface area contributed by atoms with Crippen molar-refractivity contribution in [2.45, 2.75) is 92.5 Å². The molecule has 2 heterocycles. The van der Waals surface area contributed by atoms with Crippen molar-refractivity contribution in [2.75, 3.05) is 6.54 Å². The summed E-state index contributed by atoms with van der Waals surface area (Å²) in [5.74, 6) is -0.0175. The van der Waals surface area contributed by atoms with Crippen molar-refractivity contribution in [3.8, 4) is 5.69 Å². The second-order valence-corrected chi connectivity index (χ2v) is 12.7. The number of imidazole rings is 1. The van der Waals surface area contributed by atoms with Crippen LogP contribution in [0.2, 0.25) is 0 Å². The number of benzene rings is 1. The van der Waals surface area contributed by atoms with Gasteiger partial charge < -0.3 is 25.2 Å². The molecule has 1 aromatic carbocycles. The lowest BCUT2D eigenvalue weighted by Crippen LogP contribution is -2.58. The molecular formula is C29H43N5O4. The number of amides is 3. The number of aryl methyl sites for hydroxylation is 1. The van der Waals surface area contributed by atoms with Gasteiger partial charge in [0.05, 0.1) is 12.1 Å². The number of hydrogen-bond acceptors (Lipinski definition) is 5. The van der Waals surface area contributed by atoms with Gasteiger partial charge in [0.2, 0.25) is 17.7 Å². The standard InChI is InChI=1S/C29H43N5O4/c1-18(20-9-11-21(12-10-20)33-14-13-30-19(33)2)31-26(37)23-15-22(35)17-34(23)27(38)25(29(6,7)8)32-24(36)16-28(3,4)5/h9-14,18,22-23,25,35H,15-17H2,1-8H3,(H,31,37)(H,32,36). The summed E-state index contributed by atoms with van der Waals surface area (Å²) in [5, 5.41) is 16.3. The molecule has 3 amide bonds. The van der Waals surface area contributed by atoms with Crippen molar-refractivity contribution >= 4 is 17.7 Å². The average Bonchev–Trinajstić information content (AvgIpc) is 3.40. The highest BCUT2D eigenvalue weighted by Crippen LogP contribution is 2.28. The van der Waals surface area contributed by atoms with E-state index in [4.69, 9.17) is 0 Å². The maximum Gasteiger partial charge on any atom is 0.246 e. The van der Waals surface area contributed by atoms with Gasteiger partial charge in [-0.25, -0.2) is 4.98 Å². The van der Waals surface area contributed by atoms with E-state index in [2.05, 4.69) is 15.6 Å². The number of likely N-dealkylation sites (tertiary alicyclic amines) is 1. The van der Waals surface area contributed by atoms with Crippen LogP contribution in [0.3, 0.4) is 0 Å². The average molecular weight is 526 g/mol. The fourth-order valence-corrected chi connectivity index (χ4v) is 4.78. The lowest BCUT2D eigenvalue weighted by molar-refractivity contribution is -0.144. The molecule has 1 saturated heterocycles. The molecule has 3 N–H and O–H groups in total. The molecular weight excluding hydrogens is 482 g/mol. The summed E-state index contributed by atoms with van der Waals surface area (Å²) in [4.78, 5) is 45.4. The van der Waals surface area contributed by atoms with E-state index in [0.29, 0.717) is 0 Å². The quantitative estimate of drug-likeness (QED) is 0.513. The fraction of sp³-hybridized carbons (Fsp3) is 0.586. The van der Waals surface area contributed by atoms with Crippen LogP contribution in [0.5, 0.6) is 0 Å². The van der Waals surface area contributed by atoms with Crippen LogP contribution >= 0.6 is 0 Å². The van der Waals surface area contributed by atoms with E-state index in [-0.39, 0.29) is 48.6 Å². The predicted octanol–water partition coefficient (Wildman–Crippen LogP) is 3.29. The Bertz CT molecular complexity index is 1140. The summed E-state index contributed by atoms with van der Waals surface area (Å²) in [7, 11) is 0. The third-order valence-electron chi connectivity index (χ3n) is 6.83. The van der Waals surface area contributed by atoms with Gasteiger partial charge in [0, 0.05) is 37.5 Å². The van der Waals surface area contributed by atoms with Gasteiger partial charge in [0.15, 0.2) is 0 Å². The summed E-state index contributed by atoms with van der Waals surface area (Å²) >= 11 is 0. The number of nitrogens with zero attached hydrogens (tertiary/aromatic N) is 3. The first-order chi connectivity index (χ1) is 17.6. The maximum atomic E-state index is 13.7. The van der Waals surface area contributed by atoms with Gasteiger partial charge in [-0.05, 0) is 42.4 Å². The van der Waals surface area contributed by atoms with Gasteiger partial charge in [-0.15, -0.1) is 0 Å². The van der Waals surface area contributed by atoms with Crippen molar-refractivity contribution in [2.24, 2.45) is 10.8 Å². The molecule has 2 aromatic rings. The Kier molecular flexibility index (Phi) is 8.71. The highest BCUT2D eigenvalue weighted by atomic mass is 16.3. The number of rotatable bonds is 7. The Morgan fingerprint density at radius 1 is 1.08 bits per heavy atom. The molecule has 0 spiro atoms. The molecule has 38 heavy (non-hydrogen) atoms. The Morgan fingerprint density at radius 3 is 2.24 bits per heavy atom. The molecule has 208 valence electrons. The molecule has 1 aliphatic heterocycles. The van der Waals surface area contributed by atoms with Gasteiger partial charge in [-0.1, -0.05) is 53.7 Å². The zero-order valence-electron chi connectivity index (χ0n) is 23.9. The molecule has 4 atom stereocenters. The molecule has 0 radical (unpaired) electrons. The van der Waals surface area contributed by atoms with Crippen molar-refractivity contribution in [1.29, 1.82) is 0 Å². The molecule has 1 fully saturated rings. The van der Waals surface area contributed by atoms with Crippen molar-refractivity contribution in [3.63, 3.8) is 0 Å². The van der Waals surface area contributed by atoms with Gasteiger partial charge in [0.25, 0.3) is 0 Å². The van der Waals surface area contributed by atoms with E-state index >= 15 is 0 Å². The number of hydrogen-bond donors (Lipinski definition) is 3. The number of aliphatic hydroxyl groups excluding tert-OH is 1. The second kappa shape index (κ2) is 11.3. The minimum Gasteiger partial charge on any atom is -0.391 e. The topological polar surface area (TPSA) is 117 Å². The number of β-amino-alcohol motifs (C(OH)–C–C–N with tert-alkyl or cyclic N) is 1. The Hall–Kier alpha value is -3.20. The summed E-state index contributed by atoms with van der Waals surface area (Å²) in [6.45, 7) is 15.4. The molecule has 9 heteroatoms. The Balaban J connectivity index is 1.72.